The van der Waals surface area contributed by atoms with Gasteiger partial charge in [-0.25, -0.2) is 0 Å². The van der Waals surface area contributed by atoms with E-state index in [1.807, 2.05) is 13.8 Å². The first-order chi connectivity index (χ1) is 11.1. The summed E-state index contributed by atoms with van der Waals surface area (Å²) >= 11 is 0. The SMILES string of the molecule is C=CCN(CC=C)C(=O)c1ccc(NC(=O)C(CC)CC)cc1. The van der Waals surface area contributed by atoms with Crippen molar-refractivity contribution in [1.82, 2.24) is 4.90 Å². The molecule has 23 heavy (non-hydrogen) atoms. The van der Waals surface area contributed by atoms with Crippen LogP contribution in [0.1, 0.15) is 37.0 Å². The maximum absolute atomic E-state index is 12.4. The molecule has 0 saturated heterocycles. The highest BCUT2D eigenvalue weighted by molar-refractivity contribution is 5.96. The van der Waals surface area contributed by atoms with Gasteiger partial charge in [-0.2, -0.15) is 0 Å². The molecule has 4 heteroatoms. The van der Waals surface area contributed by atoms with Gasteiger partial charge in [0.25, 0.3) is 5.91 Å². The van der Waals surface area contributed by atoms with E-state index in [1.165, 1.54) is 0 Å². The molecule has 124 valence electrons. The summed E-state index contributed by atoms with van der Waals surface area (Å²) in [5.41, 5.74) is 1.28. The number of nitrogens with one attached hydrogen (secondary N) is 1. The molecule has 1 aromatic carbocycles. The van der Waals surface area contributed by atoms with Gasteiger partial charge in [-0.3, -0.25) is 9.59 Å². The quantitative estimate of drug-likeness (QED) is 0.703. The van der Waals surface area contributed by atoms with Crippen molar-refractivity contribution < 1.29 is 9.59 Å². The molecule has 1 rings (SSSR count). The van der Waals surface area contributed by atoms with Crippen LogP contribution in [0, 0.1) is 5.92 Å². The predicted molar refractivity (Wildman–Crippen MR) is 95.4 cm³/mol. The van der Waals surface area contributed by atoms with Gasteiger partial charge in [-0.1, -0.05) is 26.0 Å². The Hall–Kier alpha value is -2.36. The molecule has 2 amide bonds. The average Bonchev–Trinajstić information content (AvgIpc) is 2.56. The van der Waals surface area contributed by atoms with Crippen molar-refractivity contribution in [3.63, 3.8) is 0 Å². The fourth-order valence-corrected chi connectivity index (χ4v) is 2.33. The average molecular weight is 314 g/mol. The summed E-state index contributed by atoms with van der Waals surface area (Å²) in [6.07, 6.45) is 5.01. The number of anilines is 1. The smallest absolute Gasteiger partial charge is 0.254 e. The first kappa shape index (κ1) is 18.7. The van der Waals surface area contributed by atoms with Crippen molar-refractivity contribution in [2.75, 3.05) is 18.4 Å². The Morgan fingerprint density at radius 2 is 1.61 bits per heavy atom. The molecular formula is C19H26N2O2. The molecule has 0 saturated carbocycles. The van der Waals surface area contributed by atoms with E-state index in [-0.39, 0.29) is 17.7 Å². The second kappa shape index (κ2) is 9.62. The van der Waals surface area contributed by atoms with E-state index in [0.717, 1.165) is 12.8 Å². The zero-order chi connectivity index (χ0) is 17.2. The largest absolute Gasteiger partial charge is 0.331 e. The second-order valence-corrected chi connectivity index (χ2v) is 5.37. The topological polar surface area (TPSA) is 49.4 Å². The van der Waals surface area contributed by atoms with Gasteiger partial charge in [-0.15, -0.1) is 13.2 Å². The first-order valence-electron chi connectivity index (χ1n) is 7.99. The fraction of sp³-hybridized carbons (Fsp3) is 0.368. The molecule has 1 aromatic rings. The van der Waals surface area contributed by atoms with Crippen molar-refractivity contribution in [3.8, 4) is 0 Å². The van der Waals surface area contributed by atoms with Crippen LogP contribution in [0.3, 0.4) is 0 Å². The van der Waals surface area contributed by atoms with Crippen LogP contribution in [-0.4, -0.2) is 29.8 Å². The molecule has 4 nitrogen and oxygen atoms in total. The minimum Gasteiger partial charge on any atom is -0.331 e. The third-order valence-electron chi connectivity index (χ3n) is 3.74. The summed E-state index contributed by atoms with van der Waals surface area (Å²) in [5, 5.41) is 2.89. The van der Waals surface area contributed by atoms with Crippen LogP contribution in [0.4, 0.5) is 5.69 Å². The second-order valence-electron chi connectivity index (χ2n) is 5.37. The zero-order valence-corrected chi connectivity index (χ0v) is 14.0. The van der Waals surface area contributed by atoms with Crippen molar-refractivity contribution in [2.24, 2.45) is 5.92 Å². The molecule has 0 aliphatic carbocycles. The van der Waals surface area contributed by atoms with Gasteiger partial charge in [0, 0.05) is 30.3 Å². The highest BCUT2D eigenvalue weighted by atomic mass is 16.2. The van der Waals surface area contributed by atoms with Crippen molar-refractivity contribution in [2.45, 2.75) is 26.7 Å². The van der Waals surface area contributed by atoms with Crippen LogP contribution < -0.4 is 5.32 Å². The Labute approximate surface area is 138 Å². The van der Waals surface area contributed by atoms with E-state index in [0.29, 0.717) is 24.3 Å². The molecule has 0 aliphatic rings. The molecule has 0 bridgehead atoms. The summed E-state index contributed by atoms with van der Waals surface area (Å²) in [4.78, 5) is 26.1. The molecule has 0 spiro atoms. The van der Waals surface area contributed by atoms with E-state index in [2.05, 4.69) is 18.5 Å². The van der Waals surface area contributed by atoms with Gasteiger partial charge in [0.05, 0.1) is 0 Å². The molecule has 0 unspecified atom stereocenters. The minimum atomic E-state index is -0.0809. The molecule has 0 aliphatic heterocycles. The summed E-state index contributed by atoms with van der Waals surface area (Å²) in [6.45, 7) is 12.3. The zero-order valence-electron chi connectivity index (χ0n) is 14.0. The van der Waals surface area contributed by atoms with Crippen LogP contribution in [0.25, 0.3) is 0 Å². The standard InChI is InChI=1S/C19H26N2O2/c1-5-13-21(14-6-2)19(23)16-9-11-17(12-10-16)20-18(22)15(7-3)8-4/h5-6,9-12,15H,1-2,7-8,13-14H2,3-4H3,(H,20,22). The highest BCUT2D eigenvalue weighted by Crippen LogP contribution is 2.15. The fourth-order valence-electron chi connectivity index (χ4n) is 2.33. The van der Waals surface area contributed by atoms with Crippen LogP contribution in [0.15, 0.2) is 49.6 Å². The predicted octanol–water partition coefficient (Wildman–Crippen LogP) is 3.88. The van der Waals surface area contributed by atoms with E-state index in [1.54, 1.807) is 41.3 Å². The first-order valence-corrected chi connectivity index (χ1v) is 7.99. The molecular weight excluding hydrogens is 288 g/mol. The molecule has 0 heterocycles. The monoisotopic (exact) mass is 314 g/mol. The van der Waals surface area contributed by atoms with Crippen molar-refractivity contribution >= 4 is 17.5 Å². The van der Waals surface area contributed by atoms with E-state index in [4.69, 9.17) is 0 Å². The van der Waals surface area contributed by atoms with Crippen LogP contribution in [0.5, 0.6) is 0 Å². The molecule has 0 aromatic heterocycles. The Morgan fingerprint density at radius 3 is 2.04 bits per heavy atom. The number of hydrogen-bond acceptors (Lipinski definition) is 2. The number of nitrogens with zero attached hydrogens (tertiary/aromatic N) is 1. The van der Waals surface area contributed by atoms with Crippen LogP contribution in [0.2, 0.25) is 0 Å². The van der Waals surface area contributed by atoms with E-state index in [9.17, 15) is 9.59 Å². The normalized spacial score (nSPS) is 10.2. The number of benzene rings is 1. The highest BCUT2D eigenvalue weighted by Gasteiger charge is 2.15. The maximum atomic E-state index is 12.4. The summed E-state index contributed by atoms with van der Waals surface area (Å²) in [7, 11) is 0. The van der Waals surface area contributed by atoms with Crippen LogP contribution >= 0.6 is 0 Å². The molecule has 0 radical (unpaired) electrons. The lowest BCUT2D eigenvalue weighted by Gasteiger charge is -2.19. The Balaban J connectivity index is 2.79. The van der Waals surface area contributed by atoms with Crippen molar-refractivity contribution in [3.05, 3.63) is 55.1 Å². The lowest BCUT2D eigenvalue weighted by Crippen LogP contribution is -2.31. The molecule has 1 N–H and O–H groups in total. The van der Waals surface area contributed by atoms with Gasteiger partial charge in [0.2, 0.25) is 5.91 Å². The molecule has 0 fully saturated rings. The maximum Gasteiger partial charge on any atom is 0.254 e. The summed E-state index contributed by atoms with van der Waals surface area (Å²) in [6, 6.07) is 6.97. The van der Waals surface area contributed by atoms with Gasteiger partial charge < -0.3 is 10.2 Å². The Morgan fingerprint density at radius 1 is 1.09 bits per heavy atom. The molecule has 0 atom stereocenters. The van der Waals surface area contributed by atoms with Crippen LogP contribution in [-0.2, 0) is 4.79 Å². The van der Waals surface area contributed by atoms with Crippen molar-refractivity contribution in [1.29, 1.82) is 0 Å². The third kappa shape index (κ3) is 5.40. The number of carbonyl (C=O) groups is 2. The lowest BCUT2D eigenvalue weighted by molar-refractivity contribution is -0.120. The minimum absolute atomic E-state index is 0.0204. The Bertz CT molecular complexity index is 535. The number of hydrogen-bond donors (Lipinski definition) is 1. The summed E-state index contributed by atoms with van der Waals surface area (Å²) < 4.78 is 0. The Kier molecular flexibility index (Phi) is 7.81. The third-order valence-corrected chi connectivity index (χ3v) is 3.74. The van der Waals surface area contributed by atoms with E-state index >= 15 is 0 Å². The van der Waals surface area contributed by atoms with Gasteiger partial charge in [-0.05, 0) is 37.1 Å². The number of carbonyl (C=O) groups excluding carboxylic acids is 2. The number of rotatable bonds is 9. The lowest BCUT2D eigenvalue weighted by atomic mass is 10.0. The number of amides is 2. The summed E-state index contributed by atoms with van der Waals surface area (Å²) in [5.74, 6) is -0.0383. The van der Waals surface area contributed by atoms with Gasteiger partial charge >= 0.3 is 0 Å². The van der Waals surface area contributed by atoms with Gasteiger partial charge in [0.1, 0.15) is 0 Å². The van der Waals surface area contributed by atoms with E-state index < -0.39 is 0 Å². The van der Waals surface area contributed by atoms with Gasteiger partial charge in [0.15, 0.2) is 0 Å².